The fourth-order valence-electron chi connectivity index (χ4n) is 5.19. The van der Waals surface area contributed by atoms with Crippen molar-refractivity contribution in [1.29, 1.82) is 0 Å². The predicted octanol–water partition coefficient (Wildman–Crippen LogP) is 4.11. The Balaban J connectivity index is 1.73. The van der Waals surface area contributed by atoms with Gasteiger partial charge in [-0.25, -0.2) is 4.79 Å². The van der Waals surface area contributed by atoms with Gasteiger partial charge in [-0.05, 0) is 63.5 Å². The van der Waals surface area contributed by atoms with Crippen molar-refractivity contribution < 1.29 is 14.3 Å². The van der Waals surface area contributed by atoms with Gasteiger partial charge in [-0.15, -0.1) is 0 Å². The highest BCUT2D eigenvalue weighted by atomic mass is 16.5. The molecule has 25 heavy (non-hydrogen) atoms. The molecule has 2 aliphatic carbocycles. The van der Waals surface area contributed by atoms with Crippen LogP contribution in [0.25, 0.3) is 11.0 Å². The smallest absolute Gasteiger partial charge is 0.339 e. The standard InChI is InChI=1S/C21H24O4/c1-12-18-15(13-6-5-7-14(13)20(23)24-18)10-16-17(22)11-21(25-19(12)16)8-3-2-4-9-21/h10,17,22H,2-9,11H2,1H3/t17-/m1/s1. The van der Waals surface area contributed by atoms with Crippen LogP contribution in [0.5, 0.6) is 5.75 Å². The largest absolute Gasteiger partial charge is 0.486 e. The van der Waals surface area contributed by atoms with Crippen LogP contribution in [-0.2, 0) is 12.8 Å². The second-order valence-corrected chi connectivity index (χ2v) is 8.06. The topological polar surface area (TPSA) is 59.7 Å². The first-order valence-electron chi connectivity index (χ1n) is 9.57. The molecule has 1 aromatic heterocycles. The van der Waals surface area contributed by atoms with Crippen molar-refractivity contribution in [3.8, 4) is 5.75 Å². The van der Waals surface area contributed by atoms with Crippen LogP contribution in [-0.4, -0.2) is 10.7 Å². The van der Waals surface area contributed by atoms with Gasteiger partial charge in [0, 0.05) is 28.5 Å². The van der Waals surface area contributed by atoms with Gasteiger partial charge in [-0.3, -0.25) is 0 Å². The van der Waals surface area contributed by atoms with E-state index in [4.69, 9.17) is 9.15 Å². The molecule has 1 aromatic carbocycles. The average molecular weight is 340 g/mol. The zero-order chi connectivity index (χ0) is 17.2. The summed E-state index contributed by atoms with van der Waals surface area (Å²) < 4.78 is 12.2. The third-order valence-electron chi connectivity index (χ3n) is 6.48. The number of aryl methyl sites for hydroxylation is 2. The summed E-state index contributed by atoms with van der Waals surface area (Å²) in [4.78, 5) is 12.3. The third kappa shape index (κ3) is 2.20. The number of benzene rings is 1. The van der Waals surface area contributed by atoms with Crippen molar-refractivity contribution in [2.24, 2.45) is 0 Å². The molecular formula is C21H24O4. The Morgan fingerprint density at radius 1 is 1.12 bits per heavy atom. The lowest BCUT2D eigenvalue weighted by Crippen LogP contribution is -2.43. The molecule has 1 aliphatic heterocycles. The molecule has 2 heterocycles. The molecule has 4 heteroatoms. The average Bonchev–Trinajstić information content (AvgIpc) is 3.09. The highest BCUT2D eigenvalue weighted by Crippen LogP contribution is 2.49. The Labute approximate surface area is 146 Å². The fourth-order valence-corrected chi connectivity index (χ4v) is 5.19. The molecule has 132 valence electrons. The van der Waals surface area contributed by atoms with Gasteiger partial charge in [0.05, 0.1) is 6.10 Å². The van der Waals surface area contributed by atoms with Crippen molar-refractivity contribution in [3.63, 3.8) is 0 Å². The van der Waals surface area contributed by atoms with Crippen molar-refractivity contribution >= 4 is 11.0 Å². The second-order valence-electron chi connectivity index (χ2n) is 8.06. The van der Waals surface area contributed by atoms with Crippen LogP contribution < -0.4 is 10.4 Å². The molecule has 5 rings (SSSR count). The van der Waals surface area contributed by atoms with E-state index < -0.39 is 6.10 Å². The van der Waals surface area contributed by atoms with Crippen molar-refractivity contribution in [1.82, 2.24) is 0 Å². The lowest BCUT2D eigenvalue weighted by molar-refractivity contribution is -0.0385. The summed E-state index contributed by atoms with van der Waals surface area (Å²) in [6.07, 6.45) is 8.41. The number of hydrogen-bond donors (Lipinski definition) is 1. The molecule has 1 N–H and O–H groups in total. The minimum Gasteiger partial charge on any atom is -0.486 e. The van der Waals surface area contributed by atoms with Crippen LogP contribution in [0, 0.1) is 6.92 Å². The van der Waals surface area contributed by atoms with E-state index in [2.05, 4.69) is 0 Å². The molecule has 1 fully saturated rings. The molecule has 4 nitrogen and oxygen atoms in total. The summed E-state index contributed by atoms with van der Waals surface area (Å²) in [5, 5.41) is 11.9. The molecular weight excluding hydrogens is 316 g/mol. The minimum atomic E-state index is -0.506. The molecule has 0 amide bonds. The van der Waals surface area contributed by atoms with Gasteiger partial charge in [0.1, 0.15) is 16.9 Å². The van der Waals surface area contributed by atoms with E-state index in [1.165, 1.54) is 6.42 Å². The van der Waals surface area contributed by atoms with E-state index in [1.54, 1.807) is 0 Å². The fraction of sp³-hybridized carbons (Fsp3) is 0.571. The molecule has 3 aliphatic rings. The monoisotopic (exact) mass is 340 g/mol. The maximum Gasteiger partial charge on any atom is 0.339 e. The molecule has 0 unspecified atom stereocenters. The van der Waals surface area contributed by atoms with E-state index in [0.29, 0.717) is 12.0 Å². The molecule has 0 bridgehead atoms. The summed E-state index contributed by atoms with van der Waals surface area (Å²) in [6.45, 7) is 1.96. The molecule has 1 saturated carbocycles. The maximum atomic E-state index is 12.3. The van der Waals surface area contributed by atoms with E-state index in [9.17, 15) is 9.90 Å². The van der Waals surface area contributed by atoms with Gasteiger partial charge in [0.15, 0.2) is 0 Å². The first-order chi connectivity index (χ1) is 12.1. The predicted molar refractivity (Wildman–Crippen MR) is 95.3 cm³/mol. The Hall–Kier alpha value is -1.81. The van der Waals surface area contributed by atoms with Gasteiger partial charge < -0.3 is 14.3 Å². The Morgan fingerprint density at radius 3 is 2.68 bits per heavy atom. The van der Waals surface area contributed by atoms with Crippen molar-refractivity contribution in [2.75, 3.05) is 0 Å². The summed E-state index contributed by atoms with van der Waals surface area (Å²) in [5.41, 5.74) is 3.85. The van der Waals surface area contributed by atoms with Crippen LogP contribution in [0.4, 0.5) is 0 Å². The van der Waals surface area contributed by atoms with Gasteiger partial charge in [-0.2, -0.15) is 0 Å². The highest BCUT2D eigenvalue weighted by Gasteiger charge is 2.42. The lowest BCUT2D eigenvalue weighted by Gasteiger charge is -2.43. The summed E-state index contributed by atoms with van der Waals surface area (Å²) in [5.74, 6) is 0.745. The van der Waals surface area contributed by atoms with Gasteiger partial charge in [0.2, 0.25) is 0 Å². The van der Waals surface area contributed by atoms with Crippen molar-refractivity contribution in [3.05, 3.63) is 38.7 Å². The number of hydrogen-bond acceptors (Lipinski definition) is 4. The zero-order valence-electron chi connectivity index (χ0n) is 14.7. The van der Waals surface area contributed by atoms with E-state index in [1.807, 2.05) is 13.0 Å². The molecule has 2 aromatic rings. The highest BCUT2D eigenvalue weighted by molar-refractivity contribution is 5.87. The number of fused-ring (bicyclic) bond motifs is 4. The van der Waals surface area contributed by atoms with Crippen molar-refractivity contribution in [2.45, 2.75) is 76.4 Å². The summed E-state index contributed by atoms with van der Waals surface area (Å²) in [7, 11) is 0. The van der Waals surface area contributed by atoms with E-state index in [-0.39, 0.29) is 11.2 Å². The van der Waals surface area contributed by atoms with E-state index in [0.717, 1.165) is 78.3 Å². The van der Waals surface area contributed by atoms with Gasteiger partial charge in [0.25, 0.3) is 0 Å². The third-order valence-corrected chi connectivity index (χ3v) is 6.48. The maximum absolute atomic E-state index is 12.3. The quantitative estimate of drug-likeness (QED) is 0.733. The lowest BCUT2D eigenvalue weighted by atomic mass is 9.77. The van der Waals surface area contributed by atoms with Crippen LogP contribution in [0.3, 0.4) is 0 Å². The number of aliphatic hydroxyl groups is 1. The number of aliphatic hydroxyl groups excluding tert-OH is 1. The summed E-state index contributed by atoms with van der Waals surface area (Å²) >= 11 is 0. The van der Waals surface area contributed by atoms with Crippen LogP contribution in [0.2, 0.25) is 0 Å². The Bertz CT molecular complexity index is 918. The van der Waals surface area contributed by atoms with Crippen LogP contribution in [0.15, 0.2) is 15.3 Å². The zero-order valence-corrected chi connectivity index (χ0v) is 14.7. The first kappa shape index (κ1) is 15.4. The summed E-state index contributed by atoms with van der Waals surface area (Å²) in [6, 6.07) is 2.02. The number of ether oxygens (including phenoxy) is 1. The number of rotatable bonds is 0. The molecule has 0 radical (unpaired) electrons. The Morgan fingerprint density at radius 2 is 1.88 bits per heavy atom. The molecule has 1 spiro atoms. The normalized spacial score (nSPS) is 24.2. The minimum absolute atomic E-state index is 0.202. The van der Waals surface area contributed by atoms with E-state index >= 15 is 0 Å². The second kappa shape index (κ2) is 5.34. The van der Waals surface area contributed by atoms with Gasteiger partial charge in [-0.1, -0.05) is 6.42 Å². The van der Waals surface area contributed by atoms with Crippen LogP contribution in [0.1, 0.15) is 73.3 Å². The molecule has 1 atom stereocenters. The van der Waals surface area contributed by atoms with Crippen LogP contribution >= 0.6 is 0 Å². The molecule has 0 saturated heterocycles. The first-order valence-corrected chi connectivity index (χ1v) is 9.57. The van der Waals surface area contributed by atoms with Gasteiger partial charge >= 0.3 is 5.63 Å². The SMILES string of the molecule is Cc1c2c(cc3c4c(c(=O)oc13)CCC4)[C@H](O)CC1(CCCCC1)O2. The Kier molecular flexibility index (Phi) is 3.30.